The molecule has 1 saturated carbocycles. The molecule has 2 aromatic carbocycles. The lowest BCUT2D eigenvalue weighted by Crippen LogP contribution is -2.25. The maximum atomic E-state index is 14.1. The summed E-state index contributed by atoms with van der Waals surface area (Å²) in [6.07, 6.45) is 0.550. The summed E-state index contributed by atoms with van der Waals surface area (Å²) in [6.45, 7) is 2.27. The first kappa shape index (κ1) is 20.1. The van der Waals surface area contributed by atoms with Crippen LogP contribution in [0.4, 0.5) is 13.2 Å². The van der Waals surface area contributed by atoms with Crippen LogP contribution >= 0.6 is 11.6 Å². The zero-order valence-electron chi connectivity index (χ0n) is 15.4. The minimum absolute atomic E-state index is 0.0653. The lowest BCUT2D eigenvalue weighted by Gasteiger charge is -2.26. The van der Waals surface area contributed by atoms with Crippen molar-refractivity contribution < 1.29 is 17.9 Å². The molecule has 0 atom stereocenters. The van der Waals surface area contributed by atoms with Crippen molar-refractivity contribution in [3.05, 3.63) is 64.4 Å². The van der Waals surface area contributed by atoms with Gasteiger partial charge in [-0.1, -0.05) is 55.6 Å². The van der Waals surface area contributed by atoms with Crippen LogP contribution in [0, 0.1) is 11.7 Å². The van der Waals surface area contributed by atoms with E-state index in [9.17, 15) is 13.2 Å². The second-order valence-corrected chi connectivity index (χ2v) is 7.89. The van der Waals surface area contributed by atoms with Gasteiger partial charge in [0, 0.05) is 0 Å². The van der Waals surface area contributed by atoms with Gasteiger partial charge < -0.3 is 4.74 Å². The number of halogens is 4. The van der Waals surface area contributed by atoms with Crippen molar-refractivity contribution in [3.63, 3.8) is 0 Å². The molecule has 0 unspecified atom stereocenters. The fourth-order valence-corrected chi connectivity index (χ4v) is 3.84. The van der Waals surface area contributed by atoms with E-state index in [2.05, 4.69) is 6.92 Å². The van der Waals surface area contributed by atoms with E-state index in [0.717, 1.165) is 18.8 Å². The van der Waals surface area contributed by atoms with Gasteiger partial charge in [-0.05, 0) is 60.4 Å². The summed E-state index contributed by atoms with van der Waals surface area (Å²) in [4.78, 5) is 0. The number of ether oxygens (including phenoxy) is 1. The van der Waals surface area contributed by atoms with Crippen molar-refractivity contribution in [3.8, 4) is 5.75 Å². The molecule has 0 saturated heterocycles. The highest BCUT2D eigenvalue weighted by molar-refractivity contribution is 6.30. The SMILES string of the molecule is CC1CCC(c2ccc(OC(F)(F)CCc3cccc(Cl)c3F)cc2)CC1. The average Bonchev–Trinajstić information content (AvgIpc) is 2.64. The predicted molar refractivity (Wildman–Crippen MR) is 102 cm³/mol. The summed E-state index contributed by atoms with van der Waals surface area (Å²) in [5.41, 5.74) is 1.34. The lowest BCUT2D eigenvalue weighted by molar-refractivity contribution is -0.180. The number of hydrogen-bond acceptors (Lipinski definition) is 1. The second-order valence-electron chi connectivity index (χ2n) is 7.48. The Morgan fingerprint density at radius 3 is 2.37 bits per heavy atom. The van der Waals surface area contributed by atoms with Gasteiger partial charge >= 0.3 is 6.11 Å². The second kappa shape index (κ2) is 8.55. The Labute approximate surface area is 163 Å². The van der Waals surface area contributed by atoms with Crippen molar-refractivity contribution in [2.75, 3.05) is 0 Å². The first-order valence-electron chi connectivity index (χ1n) is 9.44. The Morgan fingerprint density at radius 1 is 1.04 bits per heavy atom. The van der Waals surface area contributed by atoms with Crippen molar-refractivity contribution in [1.82, 2.24) is 0 Å². The van der Waals surface area contributed by atoms with Gasteiger partial charge in [-0.3, -0.25) is 0 Å². The van der Waals surface area contributed by atoms with Crippen LogP contribution in [-0.2, 0) is 6.42 Å². The Hall–Kier alpha value is -1.68. The third-order valence-electron chi connectivity index (χ3n) is 5.35. The molecule has 27 heavy (non-hydrogen) atoms. The molecule has 1 aliphatic rings. The zero-order valence-corrected chi connectivity index (χ0v) is 16.1. The van der Waals surface area contributed by atoms with Gasteiger partial charge in [-0.2, -0.15) is 8.78 Å². The first-order valence-corrected chi connectivity index (χ1v) is 9.81. The van der Waals surface area contributed by atoms with E-state index in [1.54, 1.807) is 18.2 Å². The summed E-state index contributed by atoms with van der Waals surface area (Å²) >= 11 is 5.69. The predicted octanol–water partition coefficient (Wildman–Crippen LogP) is 7.38. The van der Waals surface area contributed by atoms with E-state index in [-0.39, 0.29) is 22.8 Å². The summed E-state index contributed by atoms with van der Waals surface area (Å²) in [5.74, 6) is 0.744. The molecule has 0 spiro atoms. The summed E-state index contributed by atoms with van der Waals surface area (Å²) in [5, 5.41) is -0.0653. The molecule has 146 valence electrons. The van der Waals surface area contributed by atoms with E-state index < -0.39 is 18.3 Å². The molecule has 0 heterocycles. The number of benzene rings is 2. The van der Waals surface area contributed by atoms with Gasteiger partial charge in [-0.15, -0.1) is 0 Å². The highest BCUT2D eigenvalue weighted by Gasteiger charge is 2.32. The summed E-state index contributed by atoms with van der Waals surface area (Å²) in [7, 11) is 0. The Kier molecular flexibility index (Phi) is 6.36. The largest absolute Gasteiger partial charge is 0.433 e. The molecule has 0 radical (unpaired) electrons. The van der Waals surface area contributed by atoms with Crippen LogP contribution in [0.5, 0.6) is 5.75 Å². The number of hydrogen-bond donors (Lipinski definition) is 0. The van der Waals surface area contributed by atoms with Gasteiger partial charge in [0.1, 0.15) is 11.6 Å². The fourth-order valence-electron chi connectivity index (χ4n) is 3.65. The standard InChI is InChI=1S/C22H24ClF3O/c1-15-5-7-16(8-6-15)17-9-11-19(12-10-17)27-22(25,26)14-13-18-3-2-4-20(23)21(18)24/h2-4,9-12,15-16H,5-8,13-14H2,1H3. The maximum absolute atomic E-state index is 14.1. The van der Waals surface area contributed by atoms with Crippen LogP contribution in [-0.4, -0.2) is 6.11 Å². The van der Waals surface area contributed by atoms with Crippen molar-refractivity contribution >= 4 is 11.6 Å². The molecular weight excluding hydrogens is 373 g/mol. The van der Waals surface area contributed by atoms with Crippen LogP contribution in [0.1, 0.15) is 56.1 Å². The maximum Gasteiger partial charge on any atom is 0.398 e. The number of rotatable bonds is 6. The number of aryl methyl sites for hydroxylation is 1. The van der Waals surface area contributed by atoms with Crippen molar-refractivity contribution in [2.24, 2.45) is 5.92 Å². The smallest absolute Gasteiger partial charge is 0.398 e. The van der Waals surface area contributed by atoms with Gasteiger partial charge in [-0.25, -0.2) is 4.39 Å². The van der Waals surface area contributed by atoms with Gasteiger partial charge in [0.05, 0.1) is 11.4 Å². The van der Waals surface area contributed by atoms with E-state index in [1.165, 1.54) is 30.5 Å². The molecule has 0 N–H and O–H groups in total. The molecule has 3 rings (SSSR count). The quantitative estimate of drug-likeness (QED) is 0.495. The third-order valence-corrected chi connectivity index (χ3v) is 5.64. The summed E-state index contributed by atoms with van der Waals surface area (Å²) in [6, 6.07) is 11.3. The first-order chi connectivity index (χ1) is 12.8. The molecule has 1 fully saturated rings. The normalized spacial score (nSPS) is 20.5. The van der Waals surface area contributed by atoms with E-state index in [0.29, 0.717) is 5.92 Å². The van der Waals surface area contributed by atoms with Crippen LogP contribution in [0.25, 0.3) is 0 Å². The van der Waals surface area contributed by atoms with Gasteiger partial charge in [0.25, 0.3) is 0 Å². The zero-order chi connectivity index (χ0) is 19.4. The fraction of sp³-hybridized carbons (Fsp3) is 0.455. The molecule has 1 nitrogen and oxygen atoms in total. The molecule has 0 bridgehead atoms. The highest BCUT2D eigenvalue weighted by Crippen LogP contribution is 2.36. The molecule has 2 aromatic rings. The molecule has 5 heteroatoms. The topological polar surface area (TPSA) is 9.23 Å². The van der Waals surface area contributed by atoms with Crippen LogP contribution < -0.4 is 4.74 Å². The van der Waals surface area contributed by atoms with Crippen molar-refractivity contribution in [2.45, 2.75) is 57.5 Å². The van der Waals surface area contributed by atoms with Crippen LogP contribution in [0.2, 0.25) is 5.02 Å². The Bertz CT molecular complexity index is 753. The minimum Gasteiger partial charge on any atom is -0.433 e. The third kappa shape index (κ3) is 5.41. The van der Waals surface area contributed by atoms with Crippen molar-refractivity contribution in [1.29, 1.82) is 0 Å². The average molecular weight is 397 g/mol. The van der Waals surface area contributed by atoms with E-state index >= 15 is 0 Å². The molecule has 0 amide bonds. The monoisotopic (exact) mass is 396 g/mol. The van der Waals surface area contributed by atoms with Gasteiger partial charge in [0.15, 0.2) is 0 Å². The molecule has 1 aliphatic carbocycles. The lowest BCUT2D eigenvalue weighted by atomic mass is 9.79. The summed E-state index contributed by atoms with van der Waals surface area (Å²) < 4.78 is 47.0. The molecule has 0 aliphatic heterocycles. The number of alkyl halides is 2. The van der Waals surface area contributed by atoms with Gasteiger partial charge in [0.2, 0.25) is 0 Å². The minimum atomic E-state index is -3.38. The molecule has 0 aromatic heterocycles. The van der Waals surface area contributed by atoms with Crippen LogP contribution in [0.15, 0.2) is 42.5 Å². The Balaban J connectivity index is 1.57. The van der Waals surface area contributed by atoms with E-state index in [1.807, 2.05) is 12.1 Å². The Morgan fingerprint density at radius 2 is 1.70 bits per heavy atom. The molecular formula is C22H24ClF3O. The highest BCUT2D eigenvalue weighted by atomic mass is 35.5. The van der Waals surface area contributed by atoms with E-state index in [4.69, 9.17) is 16.3 Å². The van der Waals surface area contributed by atoms with Crippen LogP contribution in [0.3, 0.4) is 0 Å².